The minimum atomic E-state index is -2.81. The highest BCUT2D eigenvalue weighted by molar-refractivity contribution is 7.91. The fourth-order valence-corrected chi connectivity index (χ4v) is 8.48. The van der Waals surface area contributed by atoms with Crippen LogP contribution >= 0.6 is 0 Å². The fraction of sp³-hybridized carbons (Fsp3) is 0.952. The van der Waals surface area contributed by atoms with Gasteiger partial charge in [0.1, 0.15) is 0 Å². The van der Waals surface area contributed by atoms with Crippen LogP contribution < -0.4 is 5.32 Å². The highest BCUT2D eigenvalue weighted by Gasteiger charge is 2.42. The molecule has 6 unspecified atom stereocenters. The van der Waals surface area contributed by atoms with Crippen molar-refractivity contribution in [1.29, 1.82) is 0 Å². The predicted molar refractivity (Wildman–Crippen MR) is 108 cm³/mol. The normalized spacial score (nSPS) is 43.3. The molecule has 1 N–H and O–H groups in total. The van der Waals surface area contributed by atoms with Gasteiger partial charge in [0.25, 0.3) is 0 Å². The van der Waals surface area contributed by atoms with Crippen LogP contribution in [0.15, 0.2) is 4.99 Å². The van der Waals surface area contributed by atoms with Gasteiger partial charge >= 0.3 is 0 Å². The quantitative estimate of drug-likeness (QED) is 0.591. The Morgan fingerprint density at radius 1 is 0.963 bits per heavy atom. The van der Waals surface area contributed by atoms with Crippen LogP contribution in [0.1, 0.15) is 57.8 Å². The summed E-state index contributed by atoms with van der Waals surface area (Å²) >= 11 is 0. The van der Waals surface area contributed by atoms with E-state index in [1.165, 1.54) is 51.4 Å². The number of likely N-dealkylation sites (tertiary alicyclic amines) is 1. The highest BCUT2D eigenvalue weighted by Crippen LogP contribution is 2.44. The minimum Gasteiger partial charge on any atom is -0.353 e. The number of fused-ring (bicyclic) bond motifs is 3. The van der Waals surface area contributed by atoms with Crippen LogP contribution in [-0.4, -0.2) is 56.5 Å². The van der Waals surface area contributed by atoms with Crippen molar-refractivity contribution in [2.75, 3.05) is 31.1 Å². The van der Waals surface area contributed by atoms with Gasteiger partial charge in [-0.15, -0.1) is 0 Å². The molecule has 6 atom stereocenters. The number of rotatable bonds is 3. The second-order valence-corrected chi connectivity index (χ2v) is 12.3. The molecule has 152 valence electrons. The smallest absolute Gasteiger partial charge is 0.194 e. The van der Waals surface area contributed by atoms with Gasteiger partial charge in [0.2, 0.25) is 0 Å². The third kappa shape index (κ3) is 3.88. The zero-order valence-electron chi connectivity index (χ0n) is 16.5. The first-order chi connectivity index (χ1) is 13.1. The molecule has 2 heterocycles. The van der Waals surface area contributed by atoms with Crippen LogP contribution in [-0.2, 0) is 9.84 Å². The SMILES string of the molecule is O=S1(=O)CCC(CN=C(NC2CC3CCC2C3)N2CC3CCCCC3C2)C1. The Balaban J connectivity index is 1.29. The average Bonchev–Trinajstić information content (AvgIpc) is 3.41. The molecule has 6 heteroatoms. The van der Waals surface area contributed by atoms with Crippen LogP contribution in [0, 0.1) is 29.6 Å². The maximum atomic E-state index is 11.8. The third-order valence-corrected chi connectivity index (χ3v) is 9.99. The Bertz CT molecular complexity index is 678. The van der Waals surface area contributed by atoms with Gasteiger partial charge in [0.05, 0.1) is 11.5 Å². The lowest BCUT2D eigenvalue weighted by atomic mass is 9.82. The topological polar surface area (TPSA) is 61.8 Å². The lowest BCUT2D eigenvalue weighted by Crippen LogP contribution is -2.47. The van der Waals surface area contributed by atoms with Crippen molar-refractivity contribution in [2.45, 2.75) is 63.8 Å². The Labute approximate surface area is 164 Å². The monoisotopic (exact) mass is 393 g/mol. The number of sulfone groups is 1. The first kappa shape index (κ1) is 18.3. The number of aliphatic imine (C=N–C) groups is 1. The van der Waals surface area contributed by atoms with Crippen molar-refractivity contribution in [1.82, 2.24) is 10.2 Å². The van der Waals surface area contributed by atoms with Gasteiger partial charge in [-0.25, -0.2) is 8.42 Å². The number of nitrogens with one attached hydrogen (secondary N) is 1. The van der Waals surface area contributed by atoms with Crippen LogP contribution in [0.3, 0.4) is 0 Å². The van der Waals surface area contributed by atoms with E-state index < -0.39 is 9.84 Å². The van der Waals surface area contributed by atoms with E-state index in [2.05, 4.69) is 10.2 Å². The molecule has 0 amide bonds. The molecule has 5 rings (SSSR count). The van der Waals surface area contributed by atoms with E-state index in [9.17, 15) is 8.42 Å². The zero-order chi connectivity index (χ0) is 18.4. The lowest BCUT2D eigenvalue weighted by Gasteiger charge is -2.30. The van der Waals surface area contributed by atoms with Crippen LogP contribution in [0.5, 0.6) is 0 Å². The number of guanidine groups is 1. The molecule has 5 fully saturated rings. The molecule has 0 aromatic rings. The summed E-state index contributed by atoms with van der Waals surface area (Å²) in [7, 11) is -2.81. The Kier molecular flexibility index (Phi) is 4.89. The van der Waals surface area contributed by atoms with Gasteiger partial charge in [-0.3, -0.25) is 4.99 Å². The molecular weight excluding hydrogens is 358 g/mol. The van der Waals surface area contributed by atoms with Crippen LogP contribution in [0.4, 0.5) is 0 Å². The Morgan fingerprint density at radius 3 is 2.33 bits per heavy atom. The summed E-state index contributed by atoms with van der Waals surface area (Å²) < 4.78 is 23.6. The summed E-state index contributed by atoms with van der Waals surface area (Å²) in [6, 6.07) is 0.595. The fourth-order valence-electron chi connectivity index (χ4n) is 6.63. The van der Waals surface area contributed by atoms with Crippen molar-refractivity contribution < 1.29 is 8.42 Å². The minimum absolute atomic E-state index is 0.219. The molecule has 5 aliphatic rings. The first-order valence-corrected chi connectivity index (χ1v) is 13.1. The largest absolute Gasteiger partial charge is 0.353 e. The molecule has 2 saturated heterocycles. The van der Waals surface area contributed by atoms with Crippen LogP contribution in [0.25, 0.3) is 0 Å². The summed E-state index contributed by atoms with van der Waals surface area (Å²) in [4.78, 5) is 7.55. The number of hydrogen-bond donors (Lipinski definition) is 1. The summed E-state index contributed by atoms with van der Waals surface area (Å²) in [5, 5.41) is 3.87. The molecule has 3 aliphatic carbocycles. The van der Waals surface area contributed by atoms with E-state index in [0.717, 1.165) is 49.1 Å². The van der Waals surface area contributed by atoms with Crippen molar-refractivity contribution in [3.05, 3.63) is 0 Å². The molecule has 0 aromatic heterocycles. The molecule has 0 spiro atoms. The molecule has 3 saturated carbocycles. The first-order valence-electron chi connectivity index (χ1n) is 11.3. The molecule has 0 aromatic carbocycles. The van der Waals surface area contributed by atoms with E-state index in [1.54, 1.807) is 0 Å². The van der Waals surface area contributed by atoms with E-state index in [1.807, 2.05) is 0 Å². The zero-order valence-corrected chi connectivity index (χ0v) is 17.3. The maximum absolute atomic E-state index is 11.8. The van der Waals surface area contributed by atoms with Crippen molar-refractivity contribution in [2.24, 2.45) is 34.6 Å². The van der Waals surface area contributed by atoms with Crippen molar-refractivity contribution in [3.63, 3.8) is 0 Å². The van der Waals surface area contributed by atoms with Gasteiger partial charge in [0.15, 0.2) is 15.8 Å². The maximum Gasteiger partial charge on any atom is 0.194 e. The summed E-state index contributed by atoms with van der Waals surface area (Å²) in [6.07, 6.45) is 11.8. The second kappa shape index (κ2) is 7.23. The summed E-state index contributed by atoms with van der Waals surface area (Å²) in [5.74, 6) is 5.46. The molecule has 2 aliphatic heterocycles. The van der Waals surface area contributed by atoms with Crippen LogP contribution in [0.2, 0.25) is 0 Å². The predicted octanol–water partition coefficient (Wildman–Crippen LogP) is 2.68. The summed E-state index contributed by atoms with van der Waals surface area (Å²) in [6.45, 7) is 2.98. The van der Waals surface area contributed by atoms with Gasteiger partial charge in [-0.1, -0.05) is 19.3 Å². The molecule has 2 bridgehead atoms. The lowest BCUT2D eigenvalue weighted by molar-refractivity contribution is 0.299. The average molecular weight is 394 g/mol. The molecule has 5 nitrogen and oxygen atoms in total. The van der Waals surface area contributed by atoms with E-state index in [-0.39, 0.29) is 5.92 Å². The molecule has 0 radical (unpaired) electrons. The standard InChI is InChI=1S/C21H35N3O2S/c25-27(26)8-7-16(14-27)11-22-21(23-20-10-15-5-6-17(20)9-15)24-12-18-3-1-2-4-19(18)13-24/h15-20H,1-14H2,(H,22,23). The Hall–Kier alpha value is -0.780. The summed E-state index contributed by atoms with van der Waals surface area (Å²) in [5.41, 5.74) is 0. The van der Waals surface area contributed by atoms with Gasteiger partial charge < -0.3 is 10.2 Å². The highest BCUT2D eigenvalue weighted by atomic mass is 32.2. The van der Waals surface area contributed by atoms with E-state index in [4.69, 9.17) is 4.99 Å². The van der Waals surface area contributed by atoms with Crippen molar-refractivity contribution >= 4 is 15.8 Å². The molecule has 27 heavy (non-hydrogen) atoms. The van der Waals surface area contributed by atoms with E-state index in [0.29, 0.717) is 24.1 Å². The van der Waals surface area contributed by atoms with E-state index >= 15 is 0 Å². The molecular formula is C21H35N3O2S. The van der Waals surface area contributed by atoms with Gasteiger partial charge in [0, 0.05) is 25.7 Å². The number of nitrogens with zero attached hydrogens (tertiary/aromatic N) is 2. The van der Waals surface area contributed by atoms with Gasteiger partial charge in [-0.05, 0) is 68.1 Å². The third-order valence-electron chi connectivity index (χ3n) is 8.15. The van der Waals surface area contributed by atoms with Gasteiger partial charge in [-0.2, -0.15) is 0 Å². The van der Waals surface area contributed by atoms with Crippen molar-refractivity contribution in [3.8, 4) is 0 Å². The second-order valence-electron chi connectivity index (χ2n) is 10.1. The Morgan fingerprint density at radius 2 is 1.74 bits per heavy atom. The number of hydrogen-bond acceptors (Lipinski definition) is 3.